The average molecular weight is 221 g/mol. The van der Waals surface area contributed by atoms with Crippen molar-refractivity contribution in [1.29, 1.82) is 0 Å². The molecule has 1 N–H and O–H groups in total. The van der Waals surface area contributed by atoms with Gasteiger partial charge in [-0.2, -0.15) is 0 Å². The van der Waals surface area contributed by atoms with Crippen LogP contribution in [0.2, 0.25) is 0 Å². The maximum atomic E-state index is 4.00. The lowest BCUT2D eigenvalue weighted by Crippen LogP contribution is -2.32. The molecule has 0 radical (unpaired) electrons. The molecule has 0 bridgehead atoms. The summed E-state index contributed by atoms with van der Waals surface area (Å²) in [5, 5.41) is 4.00. The fourth-order valence-corrected chi connectivity index (χ4v) is 4.56. The van der Waals surface area contributed by atoms with Crippen molar-refractivity contribution >= 4 is 0 Å². The maximum absolute atomic E-state index is 4.00. The van der Waals surface area contributed by atoms with Crippen molar-refractivity contribution in [3.05, 3.63) is 0 Å². The Kier molecular flexibility index (Phi) is 3.51. The second-order valence-corrected chi connectivity index (χ2v) is 6.34. The van der Waals surface area contributed by atoms with Crippen LogP contribution in [-0.2, 0) is 0 Å². The van der Waals surface area contributed by atoms with E-state index in [1.165, 1.54) is 70.6 Å². The standard InChI is InChI=1S/C15H27N/c1-2-6-10-14-12(8-4-1)13-9-5-3-7-11-15(13)16-14/h12-16H,1-11H2. The Balaban J connectivity index is 1.71. The van der Waals surface area contributed by atoms with E-state index in [4.69, 9.17) is 0 Å². The van der Waals surface area contributed by atoms with Gasteiger partial charge < -0.3 is 5.32 Å². The van der Waals surface area contributed by atoms with Crippen molar-refractivity contribution in [2.75, 3.05) is 0 Å². The summed E-state index contributed by atoms with van der Waals surface area (Å²) in [5.41, 5.74) is 0. The van der Waals surface area contributed by atoms with Crippen LogP contribution in [0.5, 0.6) is 0 Å². The molecule has 3 aliphatic rings. The molecule has 2 saturated carbocycles. The van der Waals surface area contributed by atoms with Gasteiger partial charge in [0.15, 0.2) is 0 Å². The molecule has 0 amide bonds. The summed E-state index contributed by atoms with van der Waals surface area (Å²) in [6, 6.07) is 1.80. The summed E-state index contributed by atoms with van der Waals surface area (Å²) in [5.74, 6) is 2.09. The molecule has 1 heteroatoms. The highest BCUT2D eigenvalue weighted by molar-refractivity contribution is 4.98. The Bertz CT molecular complexity index is 225. The highest BCUT2D eigenvalue weighted by atomic mass is 15.0. The minimum atomic E-state index is 0.897. The Morgan fingerprint density at radius 1 is 0.500 bits per heavy atom. The molecule has 4 unspecified atom stereocenters. The van der Waals surface area contributed by atoms with Gasteiger partial charge in [0.1, 0.15) is 0 Å². The van der Waals surface area contributed by atoms with Gasteiger partial charge in [0.2, 0.25) is 0 Å². The van der Waals surface area contributed by atoms with Crippen LogP contribution < -0.4 is 5.32 Å². The normalized spacial score (nSPS) is 45.0. The van der Waals surface area contributed by atoms with Crippen LogP contribution in [0.3, 0.4) is 0 Å². The predicted octanol–water partition coefficient (Wildman–Crippen LogP) is 3.88. The van der Waals surface area contributed by atoms with E-state index in [0.29, 0.717) is 0 Å². The molecular weight excluding hydrogens is 194 g/mol. The fraction of sp³-hybridized carbons (Fsp3) is 1.00. The zero-order chi connectivity index (χ0) is 10.8. The van der Waals surface area contributed by atoms with Crippen molar-refractivity contribution in [2.45, 2.75) is 82.7 Å². The van der Waals surface area contributed by atoms with Crippen LogP contribution >= 0.6 is 0 Å². The molecule has 0 aromatic rings. The highest BCUT2D eigenvalue weighted by Crippen LogP contribution is 2.41. The number of hydrogen-bond acceptors (Lipinski definition) is 1. The molecule has 1 aliphatic heterocycles. The highest BCUT2D eigenvalue weighted by Gasteiger charge is 2.41. The summed E-state index contributed by atoms with van der Waals surface area (Å²) in [6.07, 6.45) is 16.4. The first-order valence-electron chi connectivity index (χ1n) is 7.71. The molecule has 0 aromatic carbocycles. The van der Waals surface area contributed by atoms with Gasteiger partial charge in [0.05, 0.1) is 0 Å². The number of nitrogens with one attached hydrogen (secondary N) is 1. The molecule has 0 spiro atoms. The van der Waals surface area contributed by atoms with Crippen molar-refractivity contribution < 1.29 is 0 Å². The van der Waals surface area contributed by atoms with Crippen molar-refractivity contribution in [2.24, 2.45) is 11.8 Å². The van der Waals surface area contributed by atoms with Gasteiger partial charge in [-0.15, -0.1) is 0 Å². The van der Waals surface area contributed by atoms with Gasteiger partial charge >= 0.3 is 0 Å². The van der Waals surface area contributed by atoms with E-state index in [0.717, 1.165) is 23.9 Å². The van der Waals surface area contributed by atoms with Gasteiger partial charge in [-0.3, -0.25) is 0 Å². The van der Waals surface area contributed by atoms with Gasteiger partial charge in [0.25, 0.3) is 0 Å². The first kappa shape index (κ1) is 11.1. The predicted molar refractivity (Wildman–Crippen MR) is 68.5 cm³/mol. The van der Waals surface area contributed by atoms with E-state index in [1.54, 1.807) is 0 Å². The third kappa shape index (κ3) is 2.16. The number of rotatable bonds is 0. The quantitative estimate of drug-likeness (QED) is 0.654. The SMILES string of the molecule is C1CCCC2C(CC1)NC1CCCCCC12. The van der Waals surface area contributed by atoms with Crippen LogP contribution in [0.1, 0.15) is 70.6 Å². The summed E-state index contributed by atoms with van der Waals surface area (Å²) >= 11 is 0. The molecular formula is C15H27N. The Morgan fingerprint density at radius 3 is 1.50 bits per heavy atom. The van der Waals surface area contributed by atoms with Crippen molar-refractivity contribution in [3.8, 4) is 0 Å². The largest absolute Gasteiger partial charge is 0.311 e. The summed E-state index contributed by atoms with van der Waals surface area (Å²) in [6.45, 7) is 0. The average Bonchev–Trinajstić information content (AvgIpc) is 2.47. The van der Waals surface area contributed by atoms with E-state index in [2.05, 4.69) is 5.32 Å². The number of hydrogen-bond donors (Lipinski definition) is 1. The second kappa shape index (κ2) is 5.08. The minimum absolute atomic E-state index is 0.897. The van der Waals surface area contributed by atoms with Gasteiger partial charge in [-0.05, 0) is 37.5 Å². The lowest BCUT2D eigenvalue weighted by atomic mass is 9.78. The molecule has 4 atom stereocenters. The van der Waals surface area contributed by atoms with E-state index >= 15 is 0 Å². The zero-order valence-corrected chi connectivity index (χ0v) is 10.6. The fourth-order valence-electron chi connectivity index (χ4n) is 4.56. The molecule has 1 nitrogen and oxygen atoms in total. The van der Waals surface area contributed by atoms with Gasteiger partial charge in [-0.1, -0.05) is 44.9 Å². The molecule has 92 valence electrons. The third-order valence-corrected chi connectivity index (χ3v) is 5.37. The first-order chi connectivity index (χ1) is 7.95. The molecule has 3 rings (SSSR count). The molecule has 1 heterocycles. The second-order valence-electron chi connectivity index (χ2n) is 6.34. The van der Waals surface area contributed by atoms with E-state index in [-0.39, 0.29) is 0 Å². The molecule has 16 heavy (non-hydrogen) atoms. The van der Waals surface area contributed by atoms with Crippen molar-refractivity contribution in [1.82, 2.24) is 5.32 Å². The van der Waals surface area contributed by atoms with Crippen LogP contribution in [0.4, 0.5) is 0 Å². The first-order valence-corrected chi connectivity index (χ1v) is 7.71. The lowest BCUT2D eigenvalue weighted by Gasteiger charge is -2.26. The van der Waals surface area contributed by atoms with Gasteiger partial charge in [-0.25, -0.2) is 0 Å². The smallest absolute Gasteiger partial charge is 0.0101 e. The maximum Gasteiger partial charge on any atom is 0.0101 e. The molecule has 3 fully saturated rings. The summed E-state index contributed by atoms with van der Waals surface area (Å²) in [7, 11) is 0. The summed E-state index contributed by atoms with van der Waals surface area (Å²) in [4.78, 5) is 0. The number of fused-ring (bicyclic) bond motifs is 3. The topological polar surface area (TPSA) is 12.0 Å². The van der Waals surface area contributed by atoms with Crippen LogP contribution in [0.25, 0.3) is 0 Å². The van der Waals surface area contributed by atoms with Crippen LogP contribution in [-0.4, -0.2) is 12.1 Å². The van der Waals surface area contributed by atoms with E-state index in [9.17, 15) is 0 Å². The van der Waals surface area contributed by atoms with E-state index < -0.39 is 0 Å². The Morgan fingerprint density at radius 2 is 0.938 bits per heavy atom. The van der Waals surface area contributed by atoms with Crippen LogP contribution in [0, 0.1) is 11.8 Å². The molecule has 2 aliphatic carbocycles. The summed E-state index contributed by atoms with van der Waals surface area (Å²) < 4.78 is 0. The van der Waals surface area contributed by atoms with E-state index in [1.807, 2.05) is 0 Å². The monoisotopic (exact) mass is 221 g/mol. The zero-order valence-electron chi connectivity index (χ0n) is 10.6. The third-order valence-electron chi connectivity index (χ3n) is 5.37. The van der Waals surface area contributed by atoms with Crippen LogP contribution in [0.15, 0.2) is 0 Å². The van der Waals surface area contributed by atoms with Crippen molar-refractivity contribution in [3.63, 3.8) is 0 Å². The minimum Gasteiger partial charge on any atom is -0.311 e. The molecule has 0 aromatic heterocycles. The Hall–Kier alpha value is -0.0400. The Labute approximate surface area is 100 Å². The van der Waals surface area contributed by atoms with Gasteiger partial charge in [0, 0.05) is 12.1 Å². The lowest BCUT2D eigenvalue weighted by molar-refractivity contribution is 0.274. The molecule has 1 saturated heterocycles.